The Kier molecular flexibility index (Phi) is 6.41. The minimum Gasteiger partial charge on any atom is -0.396 e. The molecule has 1 fully saturated rings. The summed E-state index contributed by atoms with van der Waals surface area (Å²) >= 11 is 0. The number of hydrogen-bond acceptors (Lipinski definition) is 3. The van der Waals surface area contributed by atoms with Gasteiger partial charge in [-0.1, -0.05) is 57.5 Å². The van der Waals surface area contributed by atoms with Crippen molar-refractivity contribution in [3.8, 4) is 0 Å². The van der Waals surface area contributed by atoms with Crippen LogP contribution >= 0.6 is 0 Å². The van der Waals surface area contributed by atoms with Gasteiger partial charge >= 0.3 is 0 Å². The summed E-state index contributed by atoms with van der Waals surface area (Å²) in [4.78, 5) is 12.8. The molecular formula is C20H31NO3. The molecule has 3 N–H and O–H groups in total. The lowest BCUT2D eigenvalue weighted by Gasteiger charge is -2.43. The largest absolute Gasteiger partial charge is 0.396 e. The summed E-state index contributed by atoms with van der Waals surface area (Å²) in [5, 5.41) is 23.7. The number of amides is 1. The number of rotatable bonds is 6. The lowest BCUT2D eigenvalue weighted by Crippen LogP contribution is -2.56. The average Bonchev–Trinajstić information content (AvgIpc) is 2.55. The summed E-state index contributed by atoms with van der Waals surface area (Å²) < 4.78 is 0. The van der Waals surface area contributed by atoms with Crippen LogP contribution in [0.4, 0.5) is 0 Å². The zero-order valence-electron chi connectivity index (χ0n) is 15.0. The monoisotopic (exact) mass is 333 g/mol. The standard InChI is InChI=1S/C20H31NO3/c1-14(2)18-10-9-15(3)11-20(18,24)19(23)21-12-17(13-22)16-7-5-4-6-8-16/h4-8,14-15,17-18,22,24H,9-13H2,1-3H3,(H,21,23). The number of benzene rings is 1. The molecule has 134 valence electrons. The van der Waals surface area contributed by atoms with Gasteiger partial charge in [-0.15, -0.1) is 0 Å². The van der Waals surface area contributed by atoms with Crippen molar-refractivity contribution in [3.63, 3.8) is 0 Å². The molecule has 1 aromatic carbocycles. The fourth-order valence-corrected chi connectivity index (χ4v) is 4.02. The smallest absolute Gasteiger partial charge is 0.252 e. The van der Waals surface area contributed by atoms with Gasteiger partial charge in [0.2, 0.25) is 0 Å². The molecule has 0 aliphatic heterocycles. The van der Waals surface area contributed by atoms with Gasteiger partial charge in [-0.25, -0.2) is 0 Å². The highest BCUT2D eigenvalue weighted by Gasteiger charge is 2.48. The van der Waals surface area contributed by atoms with Crippen molar-refractivity contribution in [2.45, 2.75) is 51.6 Å². The molecular weight excluding hydrogens is 302 g/mol. The van der Waals surface area contributed by atoms with Crippen LogP contribution in [0.25, 0.3) is 0 Å². The lowest BCUT2D eigenvalue weighted by atomic mass is 9.66. The fraction of sp³-hybridized carbons (Fsp3) is 0.650. The van der Waals surface area contributed by atoms with Crippen LogP contribution in [0.2, 0.25) is 0 Å². The second kappa shape index (κ2) is 8.13. The Morgan fingerprint density at radius 3 is 2.54 bits per heavy atom. The van der Waals surface area contributed by atoms with Crippen LogP contribution in [-0.4, -0.2) is 34.9 Å². The highest BCUT2D eigenvalue weighted by atomic mass is 16.3. The summed E-state index contributed by atoms with van der Waals surface area (Å²) in [6.07, 6.45) is 2.45. The highest BCUT2D eigenvalue weighted by Crippen LogP contribution is 2.41. The van der Waals surface area contributed by atoms with Crippen molar-refractivity contribution in [2.24, 2.45) is 17.8 Å². The lowest BCUT2D eigenvalue weighted by molar-refractivity contribution is -0.155. The fourth-order valence-electron chi connectivity index (χ4n) is 4.02. The van der Waals surface area contributed by atoms with E-state index in [2.05, 4.69) is 26.1 Å². The summed E-state index contributed by atoms with van der Waals surface area (Å²) in [6.45, 7) is 6.53. The Balaban J connectivity index is 2.06. The number of aliphatic hydroxyl groups is 2. The number of carbonyl (C=O) groups is 1. The second-order valence-electron chi connectivity index (χ2n) is 7.66. The Morgan fingerprint density at radius 1 is 1.29 bits per heavy atom. The predicted octanol–water partition coefficient (Wildman–Crippen LogP) is 2.70. The minimum absolute atomic E-state index is 0.0157. The topological polar surface area (TPSA) is 69.6 Å². The van der Waals surface area contributed by atoms with E-state index in [0.717, 1.165) is 18.4 Å². The molecule has 2 rings (SSSR count). The van der Waals surface area contributed by atoms with E-state index in [1.807, 2.05) is 30.3 Å². The maximum Gasteiger partial charge on any atom is 0.252 e. The number of nitrogens with one attached hydrogen (secondary N) is 1. The first-order chi connectivity index (χ1) is 11.4. The van der Waals surface area contributed by atoms with Crippen molar-refractivity contribution in [1.29, 1.82) is 0 Å². The first kappa shape index (κ1) is 18.9. The van der Waals surface area contributed by atoms with Gasteiger partial charge in [0.25, 0.3) is 5.91 Å². The van der Waals surface area contributed by atoms with Gasteiger partial charge in [0.05, 0.1) is 6.61 Å². The number of hydrogen-bond donors (Lipinski definition) is 3. The van der Waals surface area contributed by atoms with Gasteiger partial charge in [0, 0.05) is 12.5 Å². The van der Waals surface area contributed by atoms with E-state index in [9.17, 15) is 15.0 Å². The van der Waals surface area contributed by atoms with Gasteiger partial charge in [0.1, 0.15) is 5.60 Å². The highest BCUT2D eigenvalue weighted by molar-refractivity contribution is 5.85. The summed E-state index contributed by atoms with van der Waals surface area (Å²) in [7, 11) is 0. The molecule has 1 aliphatic carbocycles. The Hall–Kier alpha value is -1.39. The van der Waals surface area contributed by atoms with Crippen molar-refractivity contribution in [2.75, 3.05) is 13.2 Å². The Labute approximate surface area is 145 Å². The zero-order chi connectivity index (χ0) is 17.7. The van der Waals surface area contributed by atoms with E-state index < -0.39 is 5.60 Å². The molecule has 4 unspecified atom stereocenters. The maximum absolute atomic E-state index is 12.8. The molecule has 1 amide bonds. The van der Waals surface area contributed by atoms with Gasteiger partial charge in [-0.2, -0.15) is 0 Å². The van der Waals surface area contributed by atoms with E-state index in [1.54, 1.807) is 0 Å². The molecule has 4 atom stereocenters. The summed E-state index contributed by atoms with van der Waals surface area (Å²) in [5.74, 6) is 0.145. The molecule has 0 spiro atoms. The van der Waals surface area contributed by atoms with Crippen molar-refractivity contribution in [3.05, 3.63) is 35.9 Å². The Bertz CT molecular complexity index is 531. The van der Waals surface area contributed by atoms with E-state index in [-0.39, 0.29) is 30.3 Å². The molecule has 1 aliphatic rings. The van der Waals surface area contributed by atoms with Crippen LogP contribution in [0.15, 0.2) is 30.3 Å². The molecule has 0 heterocycles. The van der Waals surface area contributed by atoms with E-state index >= 15 is 0 Å². The van der Waals surface area contributed by atoms with Gasteiger partial charge in [0.15, 0.2) is 0 Å². The molecule has 4 nitrogen and oxygen atoms in total. The summed E-state index contributed by atoms with van der Waals surface area (Å²) in [5.41, 5.74) is -0.313. The zero-order valence-corrected chi connectivity index (χ0v) is 15.0. The number of carbonyl (C=O) groups excluding carboxylic acids is 1. The van der Waals surface area contributed by atoms with Crippen LogP contribution in [-0.2, 0) is 4.79 Å². The third kappa shape index (κ3) is 4.17. The first-order valence-corrected chi connectivity index (χ1v) is 9.05. The van der Waals surface area contributed by atoms with Crippen molar-refractivity contribution >= 4 is 5.91 Å². The molecule has 0 aromatic heterocycles. The van der Waals surface area contributed by atoms with E-state index in [4.69, 9.17) is 0 Å². The van der Waals surface area contributed by atoms with Crippen LogP contribution in [0.5, 0.6) is 0 Å². The maximum atomic E-state index is 12.8. The van der Waals surface area contributed by atoms with Gasteiger partial charge < -0.3 is 15.5 Å². The second-order valence-corrected chi connectivity index (χ2v) is 7.66. The van der Waals surface area contributed by atoms with E-state index in [0.29, 0.717) is 18.9 Å². The van der Waals surface area contributed by atoms with Crippen LogP contribution in [0, 0.1) is 17.8 Å². The minimum atomic E-state index is -1.30. The van der Waals surface area contributed by atoms with Gasteiger partial charge in [-0.05, 0) is 36.2 Å². The molecule has 4 heteroatoms. The average molecular weight is 333 g/mol. The van der Waals surface area contributed by atoms with Gasteiger partial charge in [-0.3, -0.25) is 4.79 Å². The normalized spacial score (nSPS) is 28.6. The third-order valence-electron chi connectivity index (χ3n) is 5.44. The molecule has 1 saturated carbocycles. The van der Waals surface area contributed by atoms with Crippen LogP contribution < -0.4 is 5.32 Å². The molecule has 1 aromatic rings. The SMILES string of the molecule is CC1CCC(C(C)C)C(O)(C(=O)NCC(CO)c2ccccc2)C1. The van der Waals surface area contributed by atoms with Crippen LogP contribution in [0.1, 0.15) is 51.5 Å². The molecule has 0 bridgehead atoms. The van der Waals surface area contributed by atoms with Crippen LogP contribution in [0.3, 0.4) is 0 Å². The quantitative estimate of drug-likeness (QED) is 0.750. The Morgan fingerprint density at radius 2 is 1.96 bits per heavy atom. The van der Waals surface area contributed by atoms with E-state index in [1.165, 1.54) is 0 Å². The molecule has 0 saturated heterocycles. The van der Waals surface area contributed by atoms with Crippen molar-refractivity contribution in [1.82, 2.24) is 5.32 Å². The number of aliphatic hydroxyl groups excluding tert-OH is 1. The molecule has 24 heavy (non-hydrogen) atoms. The van der Waals surface area contributed by atoms with Crippen molar-refractivity contribution < 1.29 is 15.0 Å². The predicted molar refractivity (Wildman–Crippen MR) is 95.6 cm³/mol. The molecule has 0 radical (unpaired) electrons. The summed E-state index contributed by atoms with van der Waals surface area (Å²) in [6, 6.07) is 9.66. The third-order valence-corrected chi connectivity index (χ3v) is 5.44. The first-order valence-electron chi connectivity index (χ1n) is 9.05.